The molecule has 12 heteroatoms. The Morgan fingerprint density at radius 3 is 2.79 bits per heavy atom. The summed E-state index contributed by atoms with van der Waals surface area (Å²) in [6, 6.07) is 4.04. The first kappa shape index (κ1) is 25.2. The molecular formula is C22H26ClFN6O4. The van der Waals surface area contributed by atoms with Gasteiger partial charge in [0.1, 0.15) is 12.4 Å². The van der Waals surface area contributed by atoms with Crippen molar-refractivity contribution in [3.63, 3.8) is 0 Å². The van der Waals surface area contributed by atoms with Gasteiger partial charge in [0.25, 0.3) is 5.91 Å². The molecule has 10 nitrogen and oxygen atoms in total. The highest BCUT2D eigenvalue weighted by Crippen LogP contribution is 2.28. The van der Waals surface area contributed by atoms with Gasteiger partial charge in [0.05, 0.1) is 29.7 Å². The number of nitrogen functional groups attached to an aromatic ring is 1. The molecule has 1 aromatic carbocycles. The van der Waals surface area contributed by atoms with Crippen LogP contribution in [0.1, 0.15) is 30.3 Å². The molecule has 0 radical (unpaired) electrons. The van der Waals surface area contributed by atoms with Gasteiger partial charge in [-0.05, 0) is 38.0 Å². The van der Waals surface area contributed by atoms with E-state index in [1.54, 1.807) is 25.1 Å². The number of aromatic nitrogens is 2. The van der Waals surface area contributed by atoms with Crippen molar-refractivity contribution in [1.29, 1.82) is 0 Å². The van der Waals surface area contributed by atoms with E-state index in [9.17, 15) is 23.9 Å². The number of aliphatic hydroxyl groups is 1. The van der Waals surface area contributed by atoms with E-state index >= 15 is 0 Å². The van der Waals surface area contributed by atoms with Crippen molar-refractivity contribution >= 4 is 45.9 Å². The average Bonchev–Trinajstić information content (AvgIpc) is 3.15. The van der Waals surface area contributed by atoms with Crippen molar-refractivity contribution in [2.45, 2.75) is 32.4 Å². The summed E-state index contributed by atoms with van der Waals surface area (Å²) in [4.78, 5) is 38.6. The standard InChI is InChI=1S/C22H26ClFN6O4/c1-12(11-31)29(9-18(32)27-8-13-3-2-4-16(23)20(13)24)19(33)10-30-17-6-5-14(25)7-15(17)21(28-30)22(26)34/h3,5-7,12,31H,2,4,8-11,25H2,1H3,(H2,26,34)(H,27,32)/t12-/m1/s1. The summed E-state index contributed by atoms with van der Waals surface area (Å²) < 4.78 is 15.4. The molecular weight excluding hydrogens is 467 g/mol. The number of hydrogen-bond acceptors (Lipinski definition) is 6. The van der Waals surface area contributed by atoms with Crippen molar-refractivity contribution < 1.29 is 23.9 Å². The summed E-state index contributed by atoms with van der Waals surface area (Å²) in [5.74, 6) is -2.40. The molecule has 1 aliphatic carbocycles. The van der Waals surface area contributed by atoms with Crippen LogP contribution in [0.4, 0.5) is 10.1 Å². The minimum absolute atomic E-state index is 0.0379. The average molecular weight is 493 g/mol. The second-order valence-electron chi connectivity index (χ2n) is 7.96. The lowest BCUT2D eigenvalue weighted by Crippen LogP contribution is -2.48. The molecule has 0 unspecified atom stereocenters. The number of carbonyl (C=O) groups excluding carboxylic acids is 3. The van der Waals surface area contributed by atoms with Crippen molar-refractivity contribution in [2.75, 3.05) is 25.4 Å². The fraction of sp³-hybridized carbons (Fsp3) is 0.364. The Labute approximate surface area is 200 Å². The molecule has 0 saturated heterocycles. The van der Waals surface area contributed by atoms with Gasteiger partial charge in [0.2, 0.25) is 11.8 Å². The summed E-state index contributed by atoms with van der Waals surface area (Å²) in [6.07, 6.45) is 2.64. The van der Waals surface area contributed by atoms with E-state index in [4.69, 9.17) is 23.1 Å². The Morgan fingerprint density at radius 1 is 1.38 bits per heavy atom. The molecule has 0 saturated carbocycles. The van der Waals surface area contributed by atoms with E-state index < -0.39 is 29.6 Å². The number of carbonyl (C=O) groups is 3. The summed E-state index contributed by atoms with van der Waals surface area (Å²) in [5.41, 5.74) is 12.3. The van der Waals surface area contributed by atoms with Crippen LogP contribution in [0.3, 0.4) is 0 Å². The van der Waals surface area contributed by atoms with Crippen molar-refractivity contribution in [3.8, 4) is 0 Å². The third kappa shape index (κ3) is 5.54. The van der Waals surface area contributed by atoms with E-state index in [-0.39, 0.29) is 42.5 Å². The van der Waals surface area contributed by atoms with Crippen LogP contribution in [0.15, 0.2) is 40.7 Å². The Morgan fingerprint density at radius 2 is 2.12 bits per heavy atom. The number of allylic oxidation sites excluding steroid dienone is 2. The maximum absolute atomic E-state index is 14.1. The van der Waals surface area contributed by atoms with Gasteiger partial charge in [0.15, 0.2) is 5.69 Å². The van der Waals surface area contributed by atoms with Gasteiger partial charge in [-0.2, -0.15) is 5.10 Å². The zero-order valence-electron chi connectivity index (χ0n) is 18.6. The van der Waals surface area contributed by atoms with Crippen LogP contribution in [0.5, 0.6) is 0 Å². The Kier molecular flexibility index (Phi) is 7.90. The highest BCUT2D eigenvalue weighted by atomic mass is 35.5. The number of amides is 3. The number of nitrogens with one attached hydrogen (secondary N) is 1. The predicted octanol–water partition coefficient (Wildman–Crippen LogP) is 1.18. The zero-order valence-corrected chi connectivity index (χ0v) is 19.3. The van der Waals surface area contributed by atoms with E-state index in [0.29, 0.717) is 29.4 Å². The number of anilines is 1. The molecule has 1 heterocycles. The molecule has 0 aliphatic heterocycles. The van der Waals surface area contributed by atoms with Crippen LogP contribution >= 0.6 is 11.6 Å². The highest BCUT2D eigenvalue weighted by Gasteiger charge is 2.25. The largest absolute Gasteiger partial charge is 0.399 e. The van der Waals surface area contributed by atoms with Gasteiger partial charge in [-0.15, -0.1) is 0 Å². The number of aliphatic hydroxyl groups excluding tert-OH is 1. The second-order valence-corrected chi connectivity index (χ2v) is 8.42. The van der Waals surface area contributed by atoms with Gasteiger partial charge in [0, 0.05) is 23.2 Å². The van der Waals surface area contributed by atoms with Gasteiger partial charge in [-0.25, -0.2) is 4.39 Å². The van der Waals surface area contributed by atoms with E-state index in [1.807, 2.05) is 0 Å². The topological polar surface area (TPSA) is 157 Å². The molecule has 3 amide bonds. The van der Waals surface area contributed by atoms with Gasteiger partial charge < -0.3 is 26.8 Å². The summed E-state index contributed by atoms with van der Waals surface area (Å²) >= 11 is 5.84. The van der Waals surface area contributed by atoms with Crippen LogP contribution < -0.4 is 16.8 Å². The smallest absolute Gasteiger partial charge is 0.269 e. The quantitative estimate of drug-likeness (QED) is 0.385. The molecule has 0 spiro atoms. The molecule has 0 bridgehead atoms. The molecule has 6 N–H and O–H groups in total. The second kappa shape index (κ2) is 10.7. The lowest BCUT2D eigenvalue weighted by atomic mass is 10.1. The first-order valence-corrected chi connectivity index (χ1v) is 11.0. The Balaban J connectivity index is 1.74. The summed E-state index contributed by atoms with van der Waals surface area (Å²) in [6.45, 7) is 0.419. The molecule has 1 atom stereocenters. The Bertz CT molecular complexity index is 1190. The molecule has 1 aromatic heterocycles. The minimum Gasteiger partial charge on any atom is -0.399 e. The highest BCUT2D eigenvalue weighted by molar-refractivity contribution is 6.30. The lowest BCUT2D eigenvalue weighted by Gasteiger charge is -2.27. The zero-order chi connectivity index (χ0) is 25.0. The first-order valence-electron chi connectivity index (χ1n) is 10.6. The maximum Gasteiger partial charge on any atom is 0.269 e. The number of nitrogens with zero attached hydrogens (tertiary/aromatic N) is 3. The molecule has 2 aromatic rings. The fourth-order valence-electron chi connectivity index (χ4n) is 3.61. The van der Waals surface area contributed by atoms with Crippen molar-refractivity contribution in [3.05, 3.63) is 46.4 Å². The fourth-order valence-corrected chi connectivity index (χ4v) is 3.84. The summed E-state index contributed by atoms with van der Waals surface area (Å²) in [7, 11) is 0. The lowest BCUT2D eigenvalue weighted by molar-refractivity contribution is -0.139. The van der Waals surface area contributed by atoms with Crippen molar-refractivity contribution in [2.24, 2.45) is 5.73 Å². The van der Waals surface area contributed by atoms with Gasteiger partial charge >= 0.3 is 0 Å². The van der Waals surface area contributed by atoms with E-state index in [1.165, 1.54) is 15.6 Å². The molecule has 1 aliphatic rings. The third-order valence-electron chi connectivity index (χ3n) is 5.47. The number of halogens is 2. The van der Waals surface area contributed by atoms with Gasteiger partial charge in [-0.3, -0.25) is 19.1 Å². The molecule has 3 rings (SSSR count). The molecule has 34 heavy (non-hydrogen) atoms. The Hall–Kier alpha value is -3.44. The van der Waals surface area contributed by atoms with E-state index in [0.717, 1.165) is 0 Å². The number of benzene rings is 1. The van der Waals surface area contributed by atoms with Crippen LogP contribution in [0, 0.1) is 0 Å². The third-order valence-corrected chi connectivity index (χ3v) is 5.83. The van der Waals surface area contributed by atoms with Crippen molar-refractivity contribution in [1.82, 2.24) is 20.0 Å². The molecule has 0 fully saturated rings. The van der Waals surface area contributed by atoms with Gasteiger partial charge in [-0.1, -0.05) is 17.7 Å². The maximum atomic E-state index is 14.1. The van der Waals surface area contributed by atoms with E-state index in [2.05, 4.69) is 10.4 Å². The van der Waals surface area contributed by atoms with Crippen LogP contribution in [0.25, 0.3) is 10.9 Å². The SMILES string of the molecule is C[C@H](CO)N(CC(=O)NCC1=CCCC(Cl)=C1F)C(=O)Cn1nc(C(N)=O)c2cc(N)ccc21. The summed E-state index contributed by atoms with van der Waals surface area (Å²) in [5, 5.41) is 16.8. The number of nitrogens with two attached hydrogens (primary N) is 2. The number of fused-ring (bicyclic) bond motifs is 1. The monoisotopic (exact) mass is 492 g/mol. The molecule has 182 valence electrons. The number of hydrogen-bond donors (Lipinski definition) is 4. The van der Waals surface area contributed by atoms with Crippen LogP contribution in [0.2, 0.25) is 0 Å². The number of primary amides is 1. The normalized spacial score (nSPS) is 14.6. The first-order chi connectivity index (χ1) is 16.1. The van der Waals surface area contributed by atoms with Crippen LogP contribution in [-0.4, -0.2) is 63.2 Å². The minimum atomic E-state index is -0.778. The van der Waals surface area contributed by atoms with Crippen LogP contribution in [-0.2, 0) is 16.1 Å². The number of rotatable bonds is 9. The predicted molar refractivity (Wildman–Crippen MR) is 125 cm³/mol.